The van der Waals surface area contributed by atoms with Crippen molar-refractivity contribution in [2.45, 2.75) is 20.0 Å². The van der Waals surface area contributed by atoms with E-state index in [1.165, 1.54) is 18.5 Å². The predicted octanol–water partition coefficient (Wildman–Crippen LogP) is 4.47. The van der Waals surface area contributed by atoms with Gasteiger partial charge in [-0.3, -0.25) is 4.79 Å². The Hall–Kier alpha value is -2.35. The highest BCUT2D eigenvalue weighted by Gasteiger charge is 2.34. The summed E-state index contributed by atoms with van der Waals surface area (Å²) in [6.45, 7) is 4.68. The second kappa shape index (κ2) is 7.69. The van der Waals surface area contributed by atoms with Crippen LogP contribution in [0.25, 0.3) is 0 Å². The van der Waals surface area contributed by atoms with E-state index in [9.17, 15) is 18.0 Å². The number of hydrogen-bond donors (Lipinski definition) is 2. The van der Waals surface area contributed by atoms with Crippen LogP contribution >= 0.6 is 11.6 Å². The van der Waals surface area contributed by atoms with Crippen LogP contribution in [0.2, 0.25) is 5.02 Å². The first-order valence-corrected chi connectivity index (χ1v) is 7.78. The maximum Gasteiger partial charge on any atom is 0.418 e. The zero-order chi connectivity index (χ0) is 18.6. The highest BCUT2D eigenvalue weighted by atomic mass is 35.5. The molecule has 1 aromatic carbocycles. The number of rotatable bonds is 5. The van der Waals surface area contributed by atoms with E-state index in [4.69, 9.17) is 11.6 Å². The number of alkyl halides is 3. The van der Waals surface area contributed by atoms with Crippen molar-refractivity contribution in [2.24, 2.45) is 5.92 Å². The van der Waals surface area contributed by atoms with E-state index in [1.807, 2.05) is 13.8 Å². The fourth-order valence-corrected chi connectivity index (χ4v) is 2.06. The number of amides is 1. The number of carbonyl (C=O) groups excluding carboxylic acids is 1. The molecule has 0 atom stereocenters. The Labute approximate surface area is 147 Å². The minimum Gasteiger partial charge on any atom is -0.354 e. The summed E-state index contributed by atoms with van der Waals surface area (Å²) in [5.41, 5.74) is -1.37. The summed E-state index contributed by atoms with van der Waals surface area (Å²) in [7, 11) is 0. The van der Waals surface area contributed by atoms with Crippen LogP contribution in [0.4, 0.5) is 24.8 Å². The molecule has 134 valence electrons. The molecule has 0 fully saturated rings. The number of nitrogens with one attached hydrogen (secondary N) is 2. The van der Waals surface area contributed by atoms with Crippen LogP contribution in [-0.2, 0) is 6.18 Å². The van der Waals surface area contributed by atoms with Gasteiger partial charge in [-0.2, -0.15) is 13.2 Å². The van der Waals surface area contributed by atoms with Crippen molar-refractivity contribution < 1.29 is 18.0 Å². The van der Waals surface area contributed by atoms with E-state index in [1.54, 1.807) is 0 Å². The summed E-state index contributed by atoms with van der Waals surface area (Å²) in [5, 5.41) is 5.12. The number of hydrogen-bond acceptors (Lipinski definition) is 4. The normalized spacial score (nSPS) is 11.5. The van der Waals surface area contributed by atoms with Crippen molar-refractivity contribution >= 4 is 29.1 Å². The number of nitrogens with zero attached hydrogens (tertiary/aromatic N) is 2. The number of halogens is 4. The number of aromatic nitrogens is 2. The quantitative estimate of drug-likeness (QED) is 0.812. The van der Waals surface area contributed by atoms with E-state index < -0.39 is 17.6 Å². The van der Waals surface area contributed by atoms with Gasteiger partial charge in [-0.25, -0.2) is 9.97 Å². The summed E-state index contributed by atoms with van der Waals surface area (Å²) in [4.78, 5) is 20.1. The number of carbonyl (C=O) groups is 1. The molecule has 9 heteroatoms. The predicted molar refractivity (Wildman–Crippen MR) is 89.8 cm³/mol. The van der Waals surface area contributed by atoms with Gasteiger partial charge >= 0.3 is 6.18 Å². The largest absolute Gasteiger partial charge is 0.418 e. The molecule has 0 aliphatic rings. The third-order valence-corrected chi connectivity index (χ3v) is 3.35. The molecule has 0 spiro atoms. The Morgan fingerprint density at radius 3 is 2.44 bits per heavy atom. The fourth-order valence-electron chi connectivity index (χ4n) is 1.89. The molecule has 1 heterocycles. The van der Waals surface area contributed by atoms with Crippen LogP contribution in [0.1, 0.15) is 29.8 Å². The maximum atomic E-state index is 13.0. The fraction of sp³-hybridized carbons (Fsp3) is 0.312. The van der Waals surface area contributed by atoms with Crippen LogP contribution < -0.4 is 10.6 Å². The van der Waals surface area contributed by atoms with E-state index >= 15 is 0 Å². The van der Waals surface area contributed by atoms with Gasteiger partial charge in [0.05, 0.1) is 16.8 Å². The van der Waals surface area contributed by atoms with Gasteiger partial charge < -0.3 is 10.6 Å². The highest BCUT2D eigenvalue weighted by molar-refractivity contribution is 6.30. The molecule has 5 nitrogen and oxygen atoms in total. The average Bonchev–Trinajstić information content (AvgIpc) is 2.54. The lowest BCUT2D eigenvalue weighted by Gasteiger charge is -2.14. The van der Waals surface area contributed by atoms with Crippen molar-refractivity contribution in [3.05, 3.63) is 46.7 Å². The standard InChI is InChI=1S/C16H16ClF3N4O/c1-9(2)6-21-15-22-7-10(8-23-15)14(25)24-13-4-3-11(17)5-12(13)16(18,19)20/h3-5,7-9H,6H2,1-2H3,(H,24,25)(H,21,22,23). The molecular weight excluding hydrogens is 357 g/mol. The van der Waals surface area contributed by atoms with Crippen molar-refractivity contribution in [1.82, 2.24) is 9.97 Å². The van der Waals surface area contributed by atoms with E-state index in [0.717, 1.165) is 12.1 Å². The van der Waals surface area contributed by atoms with Gasteiger partial charge in [0.25, 0.3) is 5.91 Å². The molecule has 0 saturated heterocycles. The molecule has 2 aromatic rings. The molecule has 0 unspecified atom stereocenters. The van der Waals surface area contributed by atoms with Crippen molar-refractivity contribution in [3.63, 3.8) is 0 Å². The average molecular weight is 373 g/mol. The molecule has 0 aliphatic carbocycles. The highest BCUT2D eigenvalue weighted by Crippen LogP contribution is 2.36. The molecule has 25 heavy (non-hydrogen) atoms. The van der Waals surface area contributed by atoms with Gasteiger partial charge in [-0.1, -0.05) is 25.4 Å². The number of benzene rings is 1. The van der Waals surface area contributed by atoms with Gasteiger partial charge in [0.1, 0.15) is 0 Å². The molecule has 1 amide bonds. The molecule has 2 rings (SSSR count). The van der Waals surface area contributed by atoms with Crippen LogP contribution in [0.3, 0.4) is 0 Å². The molecule has 0 aliphatic heterocycles. The van der Waals surface area contributed by atoms with Crippen molar-refractivity contribution in [3.8, 4) is 0 Å². The Balaban J connectivity index is 2.15. The first-order valence-electron chi connectivity index (χ1n) is 7.41. The van der Waals surface area contributed by atoms with Gasteiger partial charge in [0.2, 0.25) is 5.95 Å². The first kappa shape index (κ1) is 19.0. The maximum absolute atomic E-state index is 13.0. The Morgan fingerprint density at radius 2 is 1.88 bits per heavy atom. The minimum atomic E-state index is -4.64. The van der Waals surface area contributed by atoms with E-state index in [2.05, 4.69) is 20.6 Å². The summed E-state index contributed by atoms with van der Waals surface area (Å²) < 4.78 is 39.1. The van der Waals surface area contributed by atoms with Crippen LogP contribution in [0, 0.1) is 5.92 Å². The second-order valence-electron chi connectivity index (χ2n) is 5.71. The smallest absolute Gasteiger partial charge is 0.354 e. The third kappa shape index (κ3) is 5.32. The second-order valence-corrected chi connectivity index (χ2v) is 6.15. The van der Waals surface area contributed by atoms with E-state index in [0.29, 0.717) is 18.4 Å². The van der Waals surface area contributed by atoms with Crippen LogP contribution in [0.5, 0.6) is 0 Å². The van der Waals surface area contributed by atoms with Gasteiger partial charge in [-0.05, 0) is 24.1 Å². The third-order valence-electron chi connectivity index (χ3n) is 3.12. The van der Waals surface area contributed by atoms with Crippen LogP contribution in [0.15, 0.2) is 30.6 Å². The summed E-state index contributed by atoms with van der Waals surface area (Å²) >= 11 is 5.61. The van der Waals surface area contributed by atoms with E-state index in [-0.39, 0.29) is 16.3 Å². The zero-order valence-corrected chi connectivity index (χ0v) is 14.2. The first-order chi connectivity index (χ1) is 11.7. The minimum absolute atomic E-state index is 0.0400. The summed E-state index contributed by atoms with van der Waals surface area (Å²) in [6.07, 6.45) is -2.16. The van der Waals surface area contributed by atoms with Gasteiger partial charge in [0.15, 0.2) is 0 Å². The Morgan fingerprint density at radius 1 is 1.24 bits per heavy atom. The molecular formula is C16H16ClF3N4O. The van der Waals surface area contributed by atoms with Gasteiger partial charge in [0, 0.05) is 24.0 Å². The molecule has 1 aromatic heterocycles. The molecule has 2 N–H and O–H groups in total. The lowest BCUT2D eigenvalue weighted by molar-refractivity contribution is -0.136. The number of anilines is 2. The zero-order valence-electron chi connectivity index (χ0n) is 13.5. The van der Waals surface area contributed by atoms with Gasteiger partial charge in [-0.15, -0.1) is 0 Å². The van der Waals surface area contributed by atoms with Crippen molar-refractivity contribution in [2.75, 3.05) is 17.2 Å². The summed E-state index contributed by atoms with van der Waals surface area (Å²) in [5.74, 6) is -0.0202. The van der Waals surface area contributed by atoms with Crippen LogP contribution in [-0.4, -0.2) is 22.4 Å². The Bertz CT molecular complexity index is 748. The van der Waals surface area contributed by atoms with Crippen molar-refractivity contribution in [1.29, 1.82) is 0 Å². The SMILES string of the molecule is CC(C)CNc1ncc(C(=O)Nc2ccc(Cl)cc2C(F)(F)F)cn1. The molecule has 0 radical (unpaired) electrons. The lowest BCUT2D eigenvalue weighted by Crippen LogP contribution is -2.17. The Kier molecular flexibility index (Phi) is 5.84. The monoisotopic (exact) mass is 372 g/mol. The summed E-state index contributed by atoms with van der Waals surface area (Å²) in [6, 6.07) is 3.12. The molecule has 0 bridgehead atoms. The molecule has 0 saturated carbocycles. The lowest BCUT2D eigenvalue weighted by atomic mass is 10.1. The topological polar surface area (TPSA) is 66.9 Å².